The second-order valence-corrected chi connectivity index (χ2v) is 6.31. The van der Waals surface area contributed by atoms with Crippen LogP contribution in [0.15, 0.2) is 48.5 Å². The summed E-state index contributed by atoms with van der Waals surface area (Å²) in [5, 5.41) is 24.5. The van der Waals surface area contributed by atoms with Crippen LogP contribution in [0.25, 0.3) is 0 Å². The molecule has 4 atom stereocenters. The van der Waals surface area contributed by atoms with Crippen LogP contribution < -0.4 is 10.1 Å². The van der Waals surface area contributed by atoms with Crippen molar-refractivity contribution in [2.45, 2.75) is 24.0 Å². The monoisotopic (exact) mass is 372 g/mol. The number of phenols is 1. The third kappa shape index (κ3) is 3.56. The van der Waals surface area contributed by atoms with Crippen molar-refractivity contribution in [2.75, 3.05) is 14.2 Å². The number of esters is 1. The zero-order valence-corrected chi connectivity index (χ0v) is 14.9. The number of aromatic hydroxyl groups is 1. The van der Waals surface area contributed by atoms with Gasteiger partial charge >= 0.3 is 5.97 Å². The van der Waals surface area contributed by atoms with Crippen molar-refractivity contribution in [2.24, 2.45) is 0 Å². The van der Waals surface area contributed by atoms with Crippen LogP contribution in [0, 0.1) is 10.1 Å². The van der Waals surface area contributed by atoms with E-state index in [9.17, 15) is 20.0 Å². The predicted octanol–water partition coefficient (Wildman–Crippen LogP) is 2.02. The molecule has 0 aromatic heterocycles. The Morgan fingerprint density at radius 1 is 1.07 bits per heavy atom. The molecule has 8 nitrogen and oxygen atoms in total. The molecule has 2 aromatic rings. The van der Waals surface area contributed by atoms with Crippen molar-refractivity contribution in [3.05, 3.63) is 69.8 Å². The Bertz CT molecular complexity index is 821. The van der Waals surface area contributed by atoms with Crippen LogP contribution in [-0.2, 0) is 9.53 Å². The number of rotatable bonds is 5. The van der Waals surface area contributed by atoms with Crippen LogP contribution in [0.5, 0.6) is 11.5 Å². The van der Waals surface area contributed by atoms with Gasteiger partial charge in [-0.25, -0.2) is 0 Å². The fraction of sp³-hybridized carbons (Fsp3) is 0.316. The van der Waals surface area contributed by atoms with E-state index in [4.69, 9.17) is 9.47 Å². The maximum atomic E-state index is 12.3. The average molecular weight is 372 g/mol. The van der Waals surface area contributed by atoms with Gasteiger partial charge in [-0.15, -0.1) is 0 Å². The first-order chi connectivity index (χ1) is 13.0. The van der Waals surface area contributed by atoms with Gasteiger partial charge in [0.1, 0.15) is 23.6 Å². The quantitative estimate of drug-likeness (QED) is 0.469. The second-order valence-electron chi connectivity index (χ2n) is 6.31. The summed E-state index contributed by atoms with van der Waals surface area (Å²) in [6.45, 7) is 0. The third-order valence-electron chi connectivity index (χ3n) is 4.88. The van der Waals surface area contributed by atoms with Crippen LogP contribution in [-0.4, -0.2) is 42.3 Å². The van der Waals surface area contributed by atoms with Gasteiger partial charge in [0.15, 0.2) is 0 Å². The smallest absolute Gasteiger partial charge is 0.323 e. The minimum atomic E-state index is -1.09. The highest BCUT2D eigenvalue weighted by atomic mass is 16.6. The molecule has 3 rings (SSSR count). The van der Waals surface area contributed by atoms with Gasteiger partial charge < -0.3 is 14.6 Å². The van der Waals surface area contributed by atoms with E-state index in [1.165, 1.54) is 26.4 Å². The molecule has 0 saturated carbocycles. The number of hydrogen-bond acceptors (Lipinski definition) is 7. The lowest BCUT2D eigenvalue weighted by atomic mass is 9.85. The van der Waals surface area contributed by atoms with E-state index in [0.717, 1.165) is 0 Å². The van der Waals surface area contributed by atoms with E-state index in [-0.39, 0.29) is 10.7 Å². The molecule has 0 bridgehead atoms. The predicted molar refractivity (Wildman–Crippen MR) is 96.3 cm³/mol. The highest BCUT2D eigenvalue weighted by molar-refractivity contribution is 5.78. The molecule has 0 amide bonds. The molecular formula is C19H20N2O6. The summed E-state index contributed by atoms with van der Waals surface area (Å²) in [6, 6.07) is 10.3. The van der Waals surface area contributed by atoms with Crippen molar-refractivity contribution in [3.8, 4) is 11.5 Å². The van der Waals surface area contributed by atoms with E-state index in [1.54, 1.807) is 36.4 Å². The van der Waals surface area contributed by atoms with Crippen LogP contribution in [0.3, 0.4) is 0 Å². The first-order valence-electron chi connectivity index (χ1n) is 8.36. The number of hydrogen-bond donors (Lipinski definition) is 2. The van der Waals surface area contributed by atoms with Crippen molar-refractivity contribution in [1.82, 2.24) is 5.32 Å². The zero-order chi connectivity index (χ0) is 19.6. The summed E-state index contributed by atoms with van der Waals surface area (Å²) in [4.78, 5) is 23.9. The lowest BCUT2D eigenvalue weighted by molar-refractivity contribution is -0.527. The summed E-state index contributed by atoms with van der Waals surface area (Å²) in [5.74, 6) is -0.612. The summed E-state index contributed by atoms with van der Waals surface area (Å²) < 4.78 is 10.0. The molecule has 1 fully saturated rings. The van der Waals surface area contributed by atoms with Gasteiger partial charge in [-0.2, -0.15) is 0 Å². The number of ether oxygens (including phenoxy) is 2. The second kappa shape index (κ2) is 7.63. The van der Waals surface area contributed by atoms with Gasteiger partial charge in [-0.05, 0) is 35.4 Å². The van der Waals surface area contributed by atoms with E-state index in [0.29, 0.717) is 16.9 Å². The summed E-state index contributed by atoms with van der Waals surface area (Å²) in [7, 11) is 2.79. The first kappa shape index (κ1) is 18.7. The summed E-state index contributed by atoms with van der Waals surface area (Å²) in [5.41, 5.74) is 1.25. The van der Waals surface area contributed by atoms with E-state index < -0.39 is 30.0 Å². The number of phenolic OH excluding ortho intramolecular Hbond substituents is 1. The minimum Gasteiger partial charge on any atom is -0.508 e. The molecule has 27 heavy (non-hydrogen) atoms. The van der Waals surface area contributed by atoms with Gasteiger partial charge in [0.05, 0.1) is 20.1 Å². The SMILES string of the molecule is COC(=O)[C@H]1N[C@@H](c2ccc(O)cc2)[C@@H]([N+](=O)[O-])[C@@H]1c1ccc(OC)cc1. The first-order valence-corrected chi connectivity index (χ1v) is 8.36. The standard InChI is InChI=1S/C19H20N2O6/c1-26-14-9-5-11(6-10-14)15-17(19(23)27-2)20-16(18(15)21(24)25)12-3-7-13(22)8-4-12/h3-10,15-18,20,22H,1-2H3/t15-,16+,17+,18+/m1/s1. The number of nitro groups is 1. The molecule has 2 aromatic carbocycles. The van der Waals surface area contributed by atoms with Gasteiger partial charge in [0.25, 0.3) is 0 Å². The molecule has 8 heteroatoms. The molecule has 2 N–H and O–H groups in total. The third-order valence-corrected chi connectivity index (χ3v) is 4.88. The van der Waals surface area contributed by atoms with Crippen LogP contribution in [0.2, 0.25) is 0 Å². The van der Waals surface area contributed by atoms with Crippen molar-refractivity contribution in [3.63, 3.8) is 0 Å². The molecule has 142 valence electrons. The molecule has 0 radical (unpaired) electrons. The number of carbonyl (C=O) groups excluding carboxylic acids is 1. The highest BCUT2D eigenvalue weighted by Crippen LogP contribution is 2.41. The molecule has 1 saturated heterocycles. The molecule has 1 aliphatic rings. The number of nitrogens with zero attached hydrogens (tertiary/aromatic N) is 1. The van der Waals surface area contributed by atoms with Crippen molar-refractivity contribution >= 4 is 5.97 Å². The van der Waals surface area contributed by atoms with E-state index in [2.05, 4.69) is 5.32 Å². The number of methoxy groups -OCH3 is 2. The van der Waals surface area contributed by atoms with Crippen LogP contribution >= 0.6 is 0 Å². The van der Waals surface area contributed by atoms with Gasteiger partial charge in [0, 0.05) is 4.92 Å². The lowest BCUT2D eigenvalue weighted by Gasteiger charge is -2.19. The van der Waals surface area contributed by atoms with E-state index >= 15 is 0 Å². The fourth-order valence-electron chi connectivity index (χ4n) is 3.59. The Labute approximate surface area is 155 Å². The maximum absolute atomic E-state index is 12.3. The molecule has 0 aliphatic carbocycles. The number of benzene rings is 2. The normalized spacial score (nSPS) is 24.4. The van der Waals surface area contributed by atoms with Gasteiger partial charge in [-0.3, -0.25) is 20.2 Å². The topological polar surface area (TPSA) is 111 Å². The zero-order valence-electron chi connectivity index (χ0n) is 14.9. The van der Waals surface area contributed by atoms with Gasteiger partial charge in [-0.1, -0.05) is 24.3 Å². The Balaban J connectivity index is 2.06. The van der Waals surface area contributed by atoms with Gasteiger partial charge in [0.2, 0.25) is 6.04 Å². The van der Waals surface area contributed by atoms with Crippen molar-refractivity contribution in [1.29, 1.82) is 0 Å². The van der Waals surface area contributed by atoms with E-state index in [1.807, 2.05) is 0 Å². The molecular weight excluding hydrogens is 352 g/mol. The highest BCUT2D eigenvalue weighted by Gasteiger charge is 2.54. The number of nitrogens with one attached hydrogen (secondary N) is 1. The Morgan fingerprint density at radius 2 is 1.67 bits per heavy atom. The Kier molecular flexibility index (Phi) is 5.27. The van der Waals surface area contributed by atoms with Crippen LogP contribution in [0.1, 0.15) is 23.1 Å². The molecule has 0 unspecified atom stereocenters. The maximum Gasteiger partial charge on any atom is 0.323 e. The summed E-state index contributed by atoms with van der Waals surface area (Å²) >= 11 is 0. The number of carbonyl (C=O) groups is 1. The Hall–Kier alpha value is -3.13. The lowest BCUT2D eigenvalue weighted by Crippen LogP contribution is -2.37. The average Bonchev–Trinajstić information content (AvgIpc) is 3.09. The largest absolute Gasteiger partial charge is 0.508 e. The molecule has 1 heterocycles. The van der Waals surface area contributed by atoms with Crippen molar-refractivity contribution < 1.29 is 24.3 Å². The Morgan fingerprint density at radius 3 is 2.19 bits per heavy atom. The fourth-order valence-corrected chi connectivity index (χ4v) is 3.59. The molecule has 1 aliphatic heterocycles. The summed E-state index contributed by atoms with van der Waals surface area (Å²) in [6.07, 6.45) is 0. The van der Waals surface area contributed by atoms with Crippen LogP contribution in [0.4, 0.5) is 0 Å². The molecule has 0 spiro atoms. The minimum absolute atomic E-state index is 0.0608.